The van der Waals surface area contributed by atoms with E-state index in [2.05, 4.69) is 6.26 Å². The zero-order chi connectivity index (χ0) is 12.8. The van der Waals surface area contributed by atoms with Crippen molar-refractivity contribution in [2.24, 2.45) is 5.73 Å². The molecule has 0 aliphatic carbocycles. The number of thioether (sulfide) groups is 1. The number of benzene rings is 1. The monoisotopic (exact) mass is 255 g/mol. The van der Waals surface area contributed by atoms with E-state index in [1.54, 1.807) is 26.0 Å². The van der Waals surface area contributed by atoms with Crippen LogP contribution < -0.4 is 15.2 Å². The van der Waals surface area contributed by atoms with Crippen molar-refractivity contribution in [2.75, 3.05) is 26.2 Å². The van der Waals surface area contributed by atoms with Crippen molar-refractivity contribution in [1.82, 2.24) is 0 Å². The first-order valence-electron chi connectivity index (χ1n) is 5.61. The van der Waals surface area contributed by atoms with Gasteiger partial charge in [-0.15, -0.1) is 0 Å². The van der Waals surface area contributed by atoms with Crippen molar-refractivity contribution in [1.29, 1.82) is 0 Å². The van der Waals surface area contributed by atoms with Crippen LogP contribution in [0.25, 0.3) is 0 Å². The first-order valence-corrected chi connectivity index (χ1v) is 7.00. The fraction of sp³-hybridized carbons (Fsp3) is 0.538. The van der Waals surface area contributed by atoms with Crippen LogP contribution in [0.15, 0.2) is 12.1 Å². The Morgan fingerprint density at radius 1 is 1.29 bits per heavy atom. The van der Waals surface area contributed by atoms with Gasteiger partial charge in [-0.3, -0.25) is 0 Å². The molecule has 0 heterocycles. The van der Waals surface area contributed by atoms with Crippen LogP contribution in [0.3, 0.4) is 0 Å². The van der Waals surface area contributed by atoms with Crippen LogP contribution in [0.5, 0.6) is 11.5 Å². The van der Waals surface area contributed by atoms with E-state index in [9.17, 15) is 0 Å². The zero-order valence-corrected chi connectivity index (χ0v) is 11.8. The minimum Gasteiger partial charge on any atom is -0.497 e. The first-order chi connectivity index (χ1) is 8.13. The Labute approximate surface area is 108 Å². The number of methoxy groups -OCH3 is 2. The lowest BCUT2D eigenvalue weighted by atomic mass is 9.98. The Kier molecular flexibility index (Phi) is 5.65. The number of hydrogen-bond donors (Lipinski definition) is 1. The van der Waals surface area contributed by atoms with Gasteiger partial charge in [0.2, 0.25) is 0 Å². The Balaban J connectivity index is 3.04. The van der Waals surface area contributed by atoms with Crippen molar-refractivity contribution in [3.8, 4) is 11.5 Å². The predicted octanol–water partition coefficient (Wildman–Crippen LogP) is 2.77. The molecular weight excluding hydrogens is 234 g/mol. The van der Waals surface area contributed by atoms with Gasteiger partial charge in [-0.2, -0.15) is 11.8 Å². The van der Waals surface area contributed by atoms with Crippen LogP contribution in [0.2, 0.25) is 0 Å². The molecule has 0 fully saturated rings. The van der Waals surface area contributed by atoms with E-state index in [1.807, 2.05) is 19.1 Å². The van der Waals surface area contributed by atoms with Crippen LogP contribution in [0.1, 0.15) is 23.6 Å². The van der Waals surface area contributed by atoms with E-state index in [-0.39, 0.29) is 6.04 Å². The van der Waals surface area contributed by atoms with Gasteiger partial charge in [-0.05, 0) is 37.0 Å². The number of hydrogen-bond acceptors (Lipinski definition) is 4. The molecule has 0 saturated carbocycles. The molecule has 3 nitrogen and oxygen atoms in total. The standard InChI is InChI=1S/C13H21NO2S/c1-9-7-10(15-2)8-12(16-3)13(9)11(14)5-6-17-4/h7-8,11H,5-6,14H2,1-4H3. The predicted molar refractivity (Wildman–Crippen MR) is 74.2 cm³/mol. The van der Waals surface area contributed by atoms with Crippen LogP contribution in [-0.2, 0) is 0 Å². The van der Waals surface area contributed by atoms with Gasteiger partial charge in [0.1, 0.15) is 11.5 Å². The molecule has 1 atom stereocenters. The summed E-state index contributed by atoms with van der Waals surface area (Å²) < 4.78 is 10.6. The molecular formula is C13H21NO2S. The van der Waals surface area contributed by atoms with E-state index in [1.165, 1.54) is 0 Å². The van der Waals surface area contributed by atoms with Crippen molar-refractivity contribution in [2.45, 2.75) is 19.4 Å². The van der Waals surface area contributed by atoms with Crippen molar-refractivity contribution < 1.29 is 9.47 Å². The van der Waals surface area contributed by atoms with Crippen LogP contribution in [0.4, 0.5) is 0 Å². The highest BCUT2D eigenvalue weighted by atomic mass is 32.2. The van der Waals surface area contributed by atoms with Gasteiger partial charge >= 0.3 is 0 Å². The fourth-order valence-electron chi connectivity index (χ4n) is 1.89. The maximum atomic E-state index is 6.22. The largest absolute Gasteiger partial charge is 0.497 e. The van der Waals surface area contributed by atoms with E-state index >= 15 is 0 Å². The molecule has 1 unspecified atom stereocenters. The number of ether oxygens (including phenoxy) is 2. The average Bonchev–Trinajstić information content (AvgIpc) is 2.34. The van der Waals surface area contributed by atoms with Crippen molar-refractivity contribution >= 4 is 11.8 Å². The molecule has 0 saturated heterocycles. The van der Waals surface area contributed by atoms with Gasteiger partial charge in [-0.1, -0.05) is 0 Å². The second-order valence-electron chi connectivity index (χ2n) is 3.95. The molecule has 17 heavy (non-hydrogen) atoms. The summed E-state index contributed by atoms with van der Waals surface area (Å²) in [5.41, 5.74) is 8.42. The molecule has 1 aromatic rings. The van der Waals surface area contributed by atoms with Crippen molar-refractivity contribution in [3.05, 3.63) is 23.3 Å². The summed E-state index contributed by atoms with van der Waals surface area (Å²) in [5, 5.41) is 0. The lowest BCUT2D eigenvalue weighted by Gasteiger charge is -2.19. The van der Waals surface area contributed by atoms with Crippen LogP contribution in [-0.4, -0.2) is 26.2 Å². The SMILES string of the molecule is COc1cc(C)c(C(N)CCSC)c(OC)c1. The van der Waals surface area contributed by atoms with Gasteiger partial charge in [0.05, 0.1) is 14.2 Å². The Hall–Kier alpha value is -0.870. The fourth-order valence-corrected chi connectivity index (χ4v) is 2.37. The molecule has 0 radical (unpaired) electrons. The number of rotatable bonds is 6. The highest BCUT2D eigenvalue weighted by Crippen LogP contribution is 2.33. The highest BCUT2D eigenvalue weighted by Gasteiger charge is 2.16. The quantitative estimate of drug-likeness (QED) is 0.849. The van der Waals surface area contributed by atoms with E-state index in [0.29, 0.717) is 0 Å². The van der Waals surface area contributed by atoms with Gasteiger partial charge in [-0.25, -0.2) is 0 Å². The number of nitrogens with two attached hydrogens (primary N) is 1. The molecule has 1 rings (SSSR count). The summed E-state index contributed by atoms with van der Waals surface area (Å²) in [5.74, 6) is 2.67. The number of aryl methyl sites for hydroxylation is 1. The summed E-state index contributed by atoms with van der Waals surface area (Å²) in [6.07, 6.45) is 3.04. The van der Waals surface area contributed by atoms with Gasteiger partial charge in [0.25, 0.3) is 0 Å². The lowest BCUT2D eigenvalue weighted by Crippen LogP contribution is -2.14. The van der Waals surface area contributed by atoms with Crippen LogP contribution in [0, 0.1) is 6.92 Å². The minimum atomic E-state index is 0.0170. The maximum Gasteiger partial charge on any atom is 0.127 e. The second-order valence-corrected chi connectivity index (χ2v) is 4.93. The van der Waals surface area contributed by atoms with Gasteiger partial charge in [0.15, 0.2) is 0 Å². The Morgan fingerprint density at radius 2 is 2.00 bits per heavy atom. The molecule has 0 aliphatic rings. The Bertz CT molecular complexity index is 369. The molecule has 0 amide bonds. The molecule has 0 bridgehead atoms. The summed E-state index contributed by atoms with van der Waals surface area (Å²) in [6.45, 7) is 2.04. The zero-order valence-electron chi connectivity index (χ0n) is 10.9. The third-order valence-electron chi connectivity index (χ3n) is 2.78. The van der Waals surface area contributed by atoms with E-state index in [4.69, 9.17) is 15.2 Å². The lowest BCUT2D eigenvalue weighted by molar-refractivity contribution is 0.387. The molecule has 0 aliphatic heterocycles. The maximum absolute atomic E-state index is 6.22. The summed E-state index contributed by atoms with van der Waals surface area (Å²) in [6, 6.07) is 3.90. The summed E-state index contributed by atoms with van der Waals surface area (Å²) in [7, 11) is 3.32. The normalized spacial score (nSPS) is 12.3. The van der Waals surface area contributed by atoms with Crippen LogP contribution >= 0.6 is 11.8 Å². The molecule has 1 aromatic carbocycles. The summed E-state index contributed by atoms with van der Waals surface area (Å²) >= 11 is 1.81. The first kappa shape index (κ1) is 14.2. The van der Waals surface area contributed by atoms with Crippen molar-refractivity contribution in [3.63, 3.8) is 0 Å². The summed E-state index contributed by atoms with van der Waals surface area (Å²) in [4.78, 5) is 0. The Morgan fingerprint density at radius 3 is 2.53 bits per heavy atom. The molecule has 96 valence electrons. The van der Waals surface area contributed by atoms with Gasteiger partial charge < -0.3 is 15.2 Å². The van der Waals surface area contributed by atoms with E-state index in [0.717, 1.165) is 34.8 Å². The molecule has 2 N–H and O–H groups in total. The van der Waals surface area contributed by atoms with E-state index < -0.39 is 0 Å². The third-order valence-corrected chi connectivity index (χ3v) is 3.43. The minimum absolute atomic E-state index is 0.0170. The third kappa shape index (κ3) is 3.54. The smallest absolute Gasteiger partial charge is 0.127 e. The average molecular weight is 255 g/mol. The van der Waals surface area contributed by atoms with Gasteiger partial charge in [0, 0.05) is 17.7 Å². The molecule has 0 spiro atoms. The topological polar surface area (TPSA) is 44.5 Å². The molecule has 4 heteroatoms. The second kappa shape index (κ2) is 6.77. The molecule has 0 aromatic heterocycles. The highest BCUT2D eigenvalue weighted by molar-refractivity contribution is 7.98.